The van der Waals surface area contributed by atoms with Gasteiger partial charge in [-0.3, -0.25) is 0 Å². The normalized spacial score (nSPS) is 13.7. The number of carboxylic acid groups (broad SMARTS) is 1. The van der Waals surface area contributed by atoms with E-state index in [1.165, 1.54) is 0 Å². The summed E-state index contributed by atoms with van der Waals surface area (Å²) in [7, 11) is 0. The molecule has 0 aromatic carbocycles. The molecule has 1 heterocycles. The van der Waals surface area contributed by atoms with Crippen LogP contribution in [0.1, 0.15) is 25.8 Å². The summed E-state index contributed by atoms with van der Waals surface area (Å²) in [5.41, 5.74) is 1.16. The van der Waals surface area contributed by atoms with Gasteiger partial charge in [-0.2, -0.15) is 11.3 Å². The third kappa shape index (κ3) is 4.75. The van der Waals surface area contributed by atoms with Crippen molar-refractivity contribution in [3.63, 3.8) is 0 Å². The molecule has 0 spiro atoms. The van der Waals surface area contributed by atoms with Crippen molar-refractivity contribution in [3.8, 4) is 0 Å². The second-order valence-corrected chi connectivity index (χ2v) is 4.93. The Hall–Kier alpha value is -1.56. The van der Waals surface area contributed by atoms with E-state index < -0.39 is 18.0 Å². The van der Waals surface area contributed by atoms with E-state index in [1.54, 1.807) is 18.3 Å². The van der Waals surface area contributed by atoms with Crippen molar-refractivity contribution < 1.29 is 14.7 Å². The molecule has 100 valence electrons. The highest BCUT2D eigenvalue weighted by molar-refractivity contribution is 7.07. The summed E-state index contributed by atoms with van der Waals surface area (Å²) < 4.78 is 0. The Kier molecular flexibility index (Phi) is 5.64. The molecule has 0 bridgehead atoms. The van der Waals surface area contributed by atoms with Crippen LogP contribution in [0.25, 0.3) is 0 Å². The first-order valence-electron chi connectivity index (χ1n) is 5.83. The van der Waals surface area contributed by atoms with Crippen LogP contribution in [0.3, 0.4) is 0 Å². The van der Waals surface area contributed by atoms with E-state index in [-0.39, 0.29) is 6.04 Å². The van der Waals surface area contributed by atoms with E-state index in [9.17, 15) is 9.59 Å². The van der Waals surface area contributed by atoms with E-state index in [0.717, 1.165) is 12.0 Å². The summed E-state index contributed by atoms with van der Waals surface area (Å²) in [6, 6.07) is 0.698. The molecule has 0 saturated carbocycles. The Bertz CT molecular complexity index is 392. The lowest BCUT2D eigenvalue weighted by Crippen LogP contribution is -2.48. The van der Waals surface area contributed by atoms with Crippen molar-refractivity contribution >= 4 is 23.3 Å². The van der Waals surface area contributed by atoms with Gasteiger partial charge in [0, 0.05) is 6.04 Å². The monoisotopic (exact) mass is 270 g/mol. The Balaban J connectivity index is 2.37. The first-order valence-corrected chi connectivity index (χ1v) is 6.78. The number of aliphatic carboxylic acids is 1. The van der Waals surface area contributed by atoms with Gasteiger partial charge in [0.1, 0.15) is 6.04 Å². The van der Waals surface area contributed by atoms with Gasteiger partial charge in [-0.25, -0.2) is 9.59 Å². The molecule has 18 heavy (non-hydrogen) atoms. The highest BCUT2D eigenvalue weighted by Gasteiger charge is 2.18. The minimum Gasteiger partial charge on any atom is -0.480 e. The van der Waals surface area contributed by atoms with Gasteiger partial charge in [-0.05, 0) is 42.2 Å². The first-order chi connectivity index (χ1) is 8.52. The molecular weight excluding hydrogens is 252 g/mol. The summed E-state index contributed by atoms with van der Waals surface area (Å²) in [5.74, 6) is -1.02. The van der Waals surface area contributed by atoms with Crippen LogP contribution in [0.5, 0.6) is 0 Å². The molecule has 0 aliphatic heterocycles. The molecule has 0 radical (unpaired) electrons. The maximum Gasteiger partial charge on any atom is 0.326 e. The number of nitrogens with one attached hydrogen (secondary N) is 2. The average molecular weight is 270 g/mol. The van der Waals surface area contributed by atoms with Gasteiger partial charge in [0.2, 0.25) is 0 Å². The zero-order chi connectivity index (χ0) is 13.5. The van der Waals surface area contributed by atoms with Crippen LogP contribution >= 0.6 is 11.3 Å². The van der Waals surface area contributed by atoms with Crippen molar-refractivity contribution in [2.75, 3.05) is 0 Å². The SMILES string of the molecule is CCC(NC(=O)NC(C)Cc1ccsc1)C(=O)O. The molecular formula is C12H18N2O3S. The molecule has 0 fully saturated rings. The zero-order valence-corrected chi connectivity index (χ0v) is 11.3. The maximum atomic E-state index is 11.6. The van der Waals surface area contributed by atoms with Gasteiger partial charge in [-0.1, -0.05) is 6.92 Å². The summed E-state index contributed by atoms with van der Waals surface area (Å²) in [4.78, 5) is 22.3. The molecule has 1 aromatic rings. The molecule has 6 heteroatoms. The molecule has 0 aliphatic rings. The van der Waals surface area contributed by atoms with Crippen molar-refractivity contribution in [1.29, 1.82) is 0 Å². The van der Waals surface area contributed by atoms with Crippen LogP contribution in [-0.4, -0.2) is 29.2 Å². The van der Waals surface area contributed by atoms with Crippen LogP contribution < -0.4 is 10.6 Å². The number of carbonyl (C=O) groups excluding carboxylic acids is 1. The third-order valence-electron chi connectivity index (χ3n) is 2.51. The minimum atomic E-state index is -1.02. The molecule has 1 aromatic heterocycles. The first kappa shape index (κ1) is 14.5. The quantitative estimate of drug-likeness (QED) is 0.738. The number of carbonyl (C=O) groups is 2. The molecule has 2 unspecified atom stereocenters. The van der Waals surface area contributed by atoms with Gasteiger partial charge in [-0.15, -0.1) is 0 Å². The summed E-state index contributed by atoms with van der Waals surface area (Å²) in [6.07, 6.45) is 1.10. The lowest BCUT2D eigenvalue weighted by atomic mass is 10.1. The fraction of sp³-hybridized carbons (Fsp3) is 0.500. The van der Waals surface area contributed by atoms with Gasteiger partial charge in [0.05, 0.1) is 0 Å². The molecule has 0 saturated heterocycles. The third-order valence-corrected chi connectivity index (χ3v) is 3.24. The van der Waals surface area contributed by atoms with Crippen LogP contribution in [0.4, 0.5) is 4.79 Å². The minimum absolute atomic E-state index is 0.0362. The number of urea groups is 1. The number of amides is 2. The van der Waals surface area contributed by atoms with E-state index in [1.807, 2.05) is 23.8 Å². The van der Waals surface area contributed by atoms with E-state index in [0.29, 0.717) is 6.42 Å². The number of hydrogen-bond donors (Lipinski definition) is 3. The number of thiophene rings is 1. The predicted molar refractivity (Wildman–Crippen MR) is 70.9 cm³/mol. The van der Waals surface area contributed by atoms with Gasteiger partial charge in [0.15, 0.2) is 0 Å². The van der Waals surface area contributed by atoms with Gasteiger partial charge < -0.3 is 15.7 Å². The smallest absolute Gasteiger partial charge is 0.326 e. The van der Waals surface area contributed by atoms with E-state index in [2.05, 4.69) is 10.6 Å². The highest BCUT2D eigenvalue weighted by Crippen LogP contribution is 2.08. The maximum absolute atomic E-state index is 11.6. The Morgan fingerprint density at radius 1 is 1.44 bits per heavy atom. The van der Waals surface area contributed by atoms with Crippen molar-refractivity contribution in [2.24, 2.45) is 0 Å². The van der Waals surface area contributed by atoms with Crippen molar-refractivity contribution in [3.05, 3.63) is 22.4 Å². The lowest BCUT2D eigenvalue weighted by molar-refractivity contribution is -0.139. The Morgan fingerprint density at radius 3 is 2.67 bits per heavy atom. The number of hydrogen-bond acceptors (Lipinski definition) is 3. The van der Waals surface area contributed by atoms with Crippen LogP contribution in [0, 0.1) is 0 Å². The van der Waals surface area contributed by atoms with Gasteiger partial charge in [0.25, 0.3) is 0 Å². The van der Waals surface area contributed by atoms with Gasteiger partial charge >= 0.3 is 12.0 Å². The summed E-state index contributed by atoms with van der Waals surface area (Å²) in [5, 5.41) is 18.0. The topological polar surface area (TPSA) is 78.4 Å². The van der Waals surface area contributed by atoms with Crippen LogP contribution in [0.2, 0.25) is 0 Å². The molecule has 2 atom stereocenters. The molecule has 0 aliphatic carbocycles. The second kappa shape index (κ2) is 7.00. The second-order valence-electron chi connectivity index (χ2n) is 4.15. The zero-order valence-electron chi connectivity index (χ0n) is 10.5. The summed E-state index contributed by atoms with van der Waals surface area (Å²) >= 11 is 1.61. The Labute approximate surface area is 110 Å². The number of rotatable bonds is 6. The summed E-state index contributed by atoms with van der Waals surface area (Å²) in [6.45, 7) is 3.60. The van der Waals surface area contributed by atoms with Crippen molar-refractivity contribution in [1.82, 2.24) is 10.6 Å². The standard InChI is InChI=1S/C12H18N2O3S/c1-3-10(11(15)16)14-12(17)13-8(2)6-9-4-5-18-7-9/h4-5,7-8,10H,3,6H2,1-2H3,(H,15,16)(H2,13,14,17). The van der Waals surface area contributed by atoms with E-state index >= 15 is 0 Å². The highest BCUT2D eigenvalue weighted by atomic mass is 32.1. The fourth-order valence-corrected chi connectivity index (χ4v) is 2.26. The molecule has 3 N–H and O–H groups in total. The fourth-order valence-electron chi connectivity index (χ4n) is 1.58. The van der Waals surface area contributed by atoms with Crippen LogP contribution in [0.15, 0.2) is 16.8 Å². The predicted octanol–water partition coefficient (Wildman–Crippen LogP) is 1.84. The number of carboxylic acids is 1. The molecule has 5 nitrogen and oxygen atoms in total. The molecule has 1 rings (SSSR count). The molecule has 2 amide bonds. The largest absolute Gasteiger partial charge is 0.480 e. The average Bonchev–Trinajstić information content (AvgIpc) is 2.77. The lowest BCUT2D eigenvalue weighted by Gasteiger charge is -2.17. The van der Waals surface area contributed by atoms with Crippen molar-refractivity contribution in [2.45, 2.75) is 38.8 Å². The Morgan fingerprint density at radius 2 is 2.17 bits per heavy atom. The van der Waals surface area contributed by atoms with E-state index in [4.69, 9.17) is 5.11 Å². The van der Waals surface area contributed by atoms with Crippen LogP contribution in [-0.2, 0) is 11.2 Å².